The standard InChI is InChI=1S/C12H8.C3H7NO2/c1-2-6-10-9(5-1)11-7-3-4-8-12(10)11;1-2-6-3(4)5/h1-8H;2H2,1H3,(H2,4,5). The highest BCUT2D eigenvalue weighted by atomic mass is 16.5. The second-order valence-electron chi connectivity index (χ2n) is 3.84. The molecule has 1 amide bonds. The molecule has 0 atom stereocenters. The number of carbonyl (C=O) groups excluding carboxylic acids is 1. The van der Waals surface area contributed by atoms with Gasteiger partial charge in [-0.1, -0.05) is 48.5 Å². The van der Waals surface area contributed by atoms with Gasteiger partial charge in [-0.25, -0.2) is 4.79 Å². The van der Waals surface area contributed by atoms with Crippen LogP contribution in [0.1, 0.15) is 6.92 Å². The van der Waals surface area contributed by atoms with Crippen molar-refractivity contribution in [2.45, 2.75) is 6.92 Å². The smallest absolute Gasteiger partial charge is 0.404 e. The maximum absolute atomic E-state index is 9.60. The van der Waals surface area contributed by atoms with E-state index in [1.54, 1.807) is 6.92 Å². The van der Waals surface area contributed by atoms with E-state index in [4.69, 9.17) is 0 Å². The fourth-order valence-corrected chi connectivity index (χ4v) is 1.99. The van der Waals surface area contributed by atoms with Gasteiger partial charge in [0.1, 0.15) is 0 Å². The number of benzene rings is 2. The Kier molecular flexibility index (Phi) is 3.63. The second-order valence-corrected chi connectivity index (χ2v) is 3.84. The molecular weight excluding hydrogens is 226 g/mol. The fourth-order valence-electron chi connectivity index (χ4n) is 1.99. The molecule has 0 spiro atoms. The van der Waals surface area contributed by atoms with Crippen molar-refractivity contribution in [1.82, 2.24) is 0 Å². The van der Waals surface area contributed by atoms with E-state index < -0.39 is 6.09 Å². The third kappa shape index (κ3) is 2.35. The minimum absolute atomic E-state index is 0.356. The average molecular weight is 241 g/mol. The highest BCUT2D eigenvalue weighted by Gasteiger charge is 2.19. The van der Waals surface area contributed by atoms with Gasteiger partial charge in [-0.15, -0.1) is 0 Å². The van der Waals surface area contributed by atoms with Crippen LogP contribution in [0.25, 0.3) is 22.3 Å². The summed E-state index contributed by atoms with van der Waals surface area (Å²) in [6.45, 7) is 2.06. The molecule has 3 rings (SSSR count). The third-order valence-corrected chi connectivity index (χ3v) is 2.72. The zero-order valence-corrected chi connectivity index (χ0v) is 10.2. The van der Waals surface area contributed by atoms with Crippen molar-refractivity contribution in [2.75, 3.05) is 6.61 Å². The monoisotopic (exact) mass is 241 g/mol. The van der Waals surface area contributed by atoms with Crippen LogP contribution in [-0.4, -0.2) is 12.7 Å². The first-order valence-corrected chi connectivity index (χ1v) is 5.85. The first-order chi connectivity index (χ1) is 8.74. The lowest BCUT2D eigenvalue weighted by Gasteiger charge is -2.22. The van der Waals surface area contributed by atoms with E-state index in [1.807, 2.05) is 0 Å². The Morgan fingerprint density at radius 2 is 1.28 bits per heavy atom. The number of nitrogens with two attached hydrogens (primary N) is 1. The highest BCUT2D eigenvalue weighted by molar-refractivity contribution is 6.02. The van der Waals surface area contributed by atoms with Crippen LogP contribution in [0.5, 0.6) is 0 Å². The van der Waals surface area contributed by atoms with E-state index in [-0.39, 0.29) is 0 Å². The molecule has 0 fully saturated rings. The Morgan fingerprint density at radius 3 is 1.44 bits per heavy atom. The van der Waals surface area contributed by atoms with E-state index in [0.717, 1.165) is 0 Å². The summed E-state index contributed by atoms with van der Waals surface area (Å²) in [7, 11) is 0. The van der Waals surface area contributed by atoms with Crippen LogP contribution in [0.4, 0.5) is 4.79 Å². The van der Waals surface area contributed by atoms with Crippen LogP contribution >= 0.6 is 0 Å². The lowest BCUT2D eigenvalue weighted by atomic mass is 9.81. The van der Waals surface area contributed by atoms with E-state index in [9.17, 15) is 4.79 Å². The molecule has 1 aliphatic carbocycles. The van der Waals surface area contributed by atoms with E-state index in [1.165, 1.54) is 22.3 Å². The SMILES string of the molecule is CCOC(N)=O.c1ccc2c(c1)-c1ccccc1-2. The third-order valence-electron chi connectivity index (χ3n) is 2.72. The van der Waals surface area contributed by atoms with Gasteiger partial charge in [-0.3, -0.25) is 0 Å². The molecule has 0 unspecified atom stereocenters. The summed E-state index contributed by atoms with van der Waals surface area (Å²) in [6, 6.07) is 17.1. The molecule has 18 heavy (non-hydrogen) atoms. The summed E-state index contributed by atoms with van der Waals surface area (Å²) in [6.07, 6.45) is -0.711. The molecule has 2 aromatic rings. The number of fused-ring (bicyclic) bond motifs is 4. The topological polar surface area (TPSA) is 52.3 Å². The van der Waals surface area contributed by atoms with Crippen LogP contribution < -0.4 is 5.73 Å². The molecular formula is C15H15NO2. The first-order valence-electron chi connectivity index (χ1n) is 5.85. The Morgan fingerprint density at radius 1 is 0.944 bits per heavy atom. The molecule has 1 aliphatic rings. The highest BCUT2D eigenvalue weighted by Crippen LogP contribution is 2.46. The molecule has 0 saturated carbocycles. The van der Waals surface area contributed by atoms with Gasteiger partial charge >= 0.3 is 6.09 Å². The minimum atomic E-state index is -0.711. The maximum Gasteiger partial charge on any atom is 0.404 e. The Hall–Kier alpha value is -2.29. The van der Waals surface area contributed by atoms with Crippen molar-refractivity contribution < 1.29 is 9.53 Å². The lowest BCUT2D eigenvalue weighted by molar-refractivity contribution is 0.163. The molecule has 2 N–H and O–H groups in total. The van der Waals surface area contributed by atoms with Gasteiger partial charge in [0.15, 0.2) is 0 Å². The van der Waals surface area contributed by atoms with Crippen molar-refractivity contribution in [3.63, 3.8) is 0 Å². The lowest BCUT2D eigenvalue weighted by Crippen LogP contribution is -2.11. The Labute approximate surface area is 106 Å². The Bertz CT molecular complexity index is 464. The van der Waals surface area contributed by atoms with E-state index >= 15 is 0 Å². The fraction of sp³-hybridized carbons (Fsp3) is 0.133. The van der Waals surface area contributed by atoms with Gasteiger partial charge in [0.25, 0.3) is 0 Å². The molecule has 92 valence electrons. The van der Waals surface area contributed by atoms with Gasteiger partial charge in [-0.05, 0) is 29.2 Å². The molecule has 2 aromatic carbocycles. The molecule has 0 heterocycles. The van der Waals surface area contributed by atoms with Crippen molar-refractivity contribution in [3.8, 4) is 22.3 Å². The van der Waals surface area contributed by atoms with Crippen LogP contribution in [0.2, 0.25) is 0 Å². The summed E-state index contributed by atoms with van der Waals surface area (Å²) in [5, 5.41) is 0. The maximum atomic E-state index is 9.60. The summed E-state index contributed by atoms with van der Waals surface area (Å²) >= 11 is 0. The van der Waals surface area contributed by atoms with Crippen molar-refractivity contribution >= 4 is 6.09 Å². The Balaban J connectivity index is 0.000000174. The zero-order chi connectivity index (χ0) is 13.0. The van der Waals surface area contributed by atoms with Gasteiger partial charge in [-0.2, -0.15) is 0 Å². The molecule has 0 aromatic heterocycles. The number of hydrogen-bond donors (Lipinski definition) is 1. The van der Waals surface area contributed by atoms with Gasteiger partial charge in [0.2, 0.25) is 0 Å². The first kappa shape index (κ1) is 12.2. The number of primary amides is 1. The largest absolute Gasteiger partial charge is 0.450 e. The number of rotatable bonds is 1. The van der Waals surface area contributed by atoms with Crippen LogP contribution in [0, 0.1) is 0 Å². The number of ether oxygens (including phenoxy) is 1. The molecule has 0 bridgehead atoms. The molecule has 0 radical (unpaired) electrons. The van der Waals surface area contributed by atoms with Crippen LogP contribution in [0.3, 0.4) is 0 Å². The van der Waals surface area contributed by atoms with Crippen molar-refractivity contribution in [1.29, 1.82) is 0 Å². The van der Waals surface area contributed by atoms with Gasteiger partial charge in [0.05, 0.1) is 6.61 Å². The summed E-state index contributed by atoms with van der Waals surface area (Å²) < 4.78 is 4.18. The summed E-state index contributed by atoms with van der Waals surface area (Å²) in [5.41, 5.74) is 10.1. The molecule has 3 heteroatoms. The summed E-state index contributed by atoms with van der Waals surface area (Å²) in [4.78, 5) is 9.60. The number of hydrogen-bond acceptors (Lipinski definition) is 2. The normalized spacial score (nSPS) is 10.1. The number of amides is 1. The zero-order valence-electron chi connectivity index (χ0n) is 10.2. The summed E-state index contributed by atoms with van der Waals surface area (Å²) in [5.74, 6) is 0. The van der Waals surface area contributed by atoms with Gasteiger partial charge in [0, 0.05) is 0 Å². The van der Waals surface area contributed by atoms with Gasteiger partial charge < -0.3 is 10.5 Å². The quantitative estimate of drug-likeness (QED) is 0.709. The number of carbonyl (C=O) groups is 1. The molecule has 0 saturated heterocycles. The predicted octanol–water partition coefficient (Wildman–Crippen LogP) is 3.44. The van der Waals surface area contributed by atoms with E-state index in [0.29, 0.717) is 6.61 Å². The van der Waals surface area contributed by atoms with Crippen LogP contribution in [0.15, 0.2) is 48.5 Å². The predicted molar refractivity (Wildman–Crippen MR) is 72.1 cm³/mol. The van der Waals surface area contributed by atoms with E-state index in [2.05, 4.69) is 59.0 Å². The van der Waals surface area contributed by atoms with Crippen molar-refractivity contribution in [3.05, 3.63) is 48.5 Å². The average Bonchev–Trinajstić information content (AvgIpc) is 2.36. The second kappa shape index (κ2) is 5.36. The molecule has 3 nitrogen and oxygen atoms in total. The minimum Gasteiger partial charge on any atom is -0.450 e. The van der Waals surface area contributed by atoms with Crippen LogP contribution in [-0.2, 0) is 4.74 Å². The molecule has 0 aliphatic heterocycles. The van der Waals surface area contributed by atoms with Crippen molar-refractivity contribution in [2.24, 2.45) is 5.73 Å².